The Balaban J connectivity index is 1.50. The minimum absolute atomic E-state index is 0.0740. The van der Waals surface area contributed by atoms with Gasteiger partial charge in [0.1, 0.15) is 0 Å². The van der Waals surface area contributed by atoms with E-state index in [2.05, 4.69) is 22.2 Å². The van der Waals surface area contributed by atoms with E-state index in [-0.39, 0.29) is 5.91 Å². The molecular weight excluding hydrogens is 336 g/mol. The van der Waals surface area contributed by atoms with Crippen LogP contribution in [0.5, 0.6) is 0 Å². The van der Waals surface area contributed by atoms with Gasteiger partial charge in [0.2, 0.25) is 0 Å². The molecule has 1 aliphatic rings. The molecule has 0 aliphatic carbocycles. The van der Waals surface area contributed by atoms with Crippen molar-refractivity contribution in [3.63, 3.8) is 0 Å². The third-order valence-corrected chi connectivity index (χ3v) is 5.18. The fraction of sp³-hybridized carbons (Fsp3) is 0.474. The van der Waals surface area contributed by atoms with Gasteiger partial charge in [0.05, 0.1) is 18.3 Å². The molecule has 5 nitrogen and oxygen atoms in total. The Hall–Kier alpha value is -1.85. The first-order valence-corrected chi connectivity index (χ1v) is 9.29. The third kappa shape index (κ3) is 4.83. The molecule has 0 bridgehead atoms. The van der Waals surface area contributed by atoms with Crippen molar-refractivity contribution in [1.29, 1.82) is 0 Å². The van der Waals surface area contributed by atoms with Crippen molar-refractivity contribution in [3.8, 4) is 0 Å². The Morgan fingerprint density at radius 1 is 1.36 bits per heavy atom. The lowest BCUT2D eigenvalue weighted by Crippen LogP contribution is -2.42. The smallest absolute Gasteiger partial charge is 0.254 e. The number of benzene rings is 1. The van der Waals surface area contributed by atoms with Crippen molar-refractivity contribution in [3.05, 3.63) is 52.8 Å². The first-order valence-electron chi connectivity index (χ1n) is 8.91. The summed E-state index contributed by atoms with van der Waals surface area (Å²) in [5.74, 6) is -0.0740. The molecule has 25 heavy (non-hydrogen) atoms. The maximum atomic E-state index is 12.3. The van der Waals surface area contributed by atoms with Crippen LogP contribution in [0.2, 0.25) is 5.02 Å². The fourth-order valence-corrected chi connectivity index (χ4v) is 3.47. The lowest BCUT2D eigenvalue weighted by Gasteiger charge is -2.33. The van der Waals surface area contributed by atoms with E-state index < -0.39 is 0 Å². The van der Waals surface area contributed by atoms with Gasteiger partial charge in [0.25, 0.3) is 5.91 Å². The average molecular weight is 361 g/mol. The van der Waals surface area contributed by atoms with Crippen molar-refractivity contribution in [2.75, 3.05) is 19.6 Å². The Bertz CT molecular complexity index is 715. The molecule has 0 spiro atoms. The highest BCUT2D eigenvalue weighted by Crippen LogP contribution is 2.16. The number of aromatic nitrogens is 2. The SMILES string of the molecule is CC1CCCCN1CCNC(=O)c1cnn(Cc2ccccc2Cl)c1. The summed E-state index contributed by atoms with van der Waals surface area (Å²) in [5.41, 5.74) is 1.57. The van der Waals surface area contributed by atoms with Crippen LogP contribution in [0.3, 0.4) is 0 Å². The molecule has 6 heteroatoms. The van der Waals surface area contributed by atoms with Gasteiger partial charge in [-0.1, -0.05) is 36.2 Å². The molecule has 1 unspecified atom stereocenters. The van der Waals surface area contributed by atoms with E-state index >= 15 is 0 Å². The van der Waals surface area contributed by atoms with E-state index in [9.17, 15) is 4.79 Å². The highest BCUT2D eigenvalue weighted by atomic mass is 35.5. The number of piperidine rings is 1. The van der Waals surface area contributed by atoms with Crippen LogP contribution in [0.15, 0.2) is 36.7 Å². The van der Waals surface area contributed by atoms with Gasteiger partial charge in [-0.15, -0.1) is 0 Å². The van der Waals surface area contributed by atoms with Gasteiger partial charge in [-0.3, -0.25) is 14.4 Å². The van der Waals surface area contributed by atoms with Crippen LogP contribution in [0.4, 0.5) is 0 Å². The Morgan fingerprint density at radius 2 is 2.20 bits per heavy atom. The summed E-state index contributed by atoms with van der Waals surface area (Å²) >= 11 is 6.17. The minimum Gasteiger partial charge on any atom is -0.351 e. The summed E-state index contributed by atoms with van der Waals surface area (Å²) in [5, 5.41) is 7.97. The maximum absolute atomic E-state index is 12.3. The van der Waals surface area contributed by atoms with E-state index in [1.54, 1.807) is 17.1 Å². The number of rotatable bonds is 6. The van der Waals surface area contributed by atoms with Crippen LogP contribution in [0.25, 0.3) is 0 Å². The first-order chi connectivity index (χ1) is 12.1. The summed E-state index contributed by atoms with van der Waals surface area (Å²) in [4.78, 5) is 14.7. The topological polar surface area (TPSA) is 50.2 Å². The number of halogens is 1. The predicted molar refractivity (Wildman–Crippen MR) is 100 cm³/mol. The number of nitrogens with zero attached hydrogens (tertiary/aromatic N) is 3. The highest BCUT2D eigenvalue weighted by molar-refractivity contribution is 6.31. The van der Waals surface area contributed by atoms with Gasteiger partial charge < -0.3 is 5.32 Å². The van der Waals surface area contributed by atoms with Crippen molar-refractivity contribution >= 4 is 17.5 Å². The number of carbonyl (C=O) groups is 1. The van der Waals surface area contributed by atoms with Gasteiger partial charge in [0, 0.05) is 30.4 Å². The second-order valence-corrected chi connectivity index (χ2v) is 7.06. The second kappa shape index (κ2) is 8.50. The fourth-order valence-electron chi connectivity index (χ4n) is 3.27. The molecule has 2 aromatic rings. The quantitative estimate of drug-likeness (QED) is 0.860. The number of hydrogen-bond donors (Lipinski definition) is 1. The number of carbonyl (C=O) groups excluding carboxylic acids is 1. The maximum Gasteiger partial charge on any atom is 0.254 e. The molecule has 0 saturated carbocycles. The molecule has 134 valence electrons. The van der Waals surface area contributed by atoms with Crippen molar-refractivity contribution in [1.82, 2.24) is 20.0 Å². The largest absolute Gasteiger partial charge is 0.351 e. The van der Waals surface area contributed by atoms with Gasteiger partial charge in [-0.25, -0.2) is 0 Å². The standard InChI is InChI=1S/C19H25ClN4O/c1-15-6-4-5-10-23(15)11-9-21-19(25)17-12-22-24(14-17)13-16-7-2-3-8-18(16)20/h2-3,7-8,12,14-15H,4-6,9-11,13H2,1H3,(H,21,25). The Labute approximate surface area is 154 Å². The first kappa shape index (κ1) is 18.0. The Kier molecular flexibility index (Phi) is 6.10. The molecule has 1 atom stereocenters. The third-order valence-electron chi connectivity index (χ3n) is 4.81. The van der Waals surface area contributed by atoms with Crippen molar-refractivity contribution in [2.24, 2.45) is 0 Å². The Morgan fingerprint density at radius 3 is 3.00 bits per heavy atom. The lowest BCUT2D eigenvalue weighted by molar-refractivity contribution is 0.0938. The zero-order chi connectivity index (χ0) is 17.6. The number of likely N-dealkylation sites (tertiary alicyclic amines) is 1. The van der Waals surface area contributed by atoms with Crippen LogP contribution in [0, 0.1) is 0 Å². The zero-order valence-corrected chi connectivity index (χ0v) is 15.4. The monoisotopic (exact) mass is 360 g/mol. The molecule has 1 saturated heterocycles. The van der Waals surface area contributed by atoms with Crippen LogP contribution in [0.1, 0.15) is 42.1 Å². The van der Waals surface area contributed by atoms with E-state index in [4.69, 9.17) is 11.6 Å². The van der Waals surface area contributed by atoms with E-state index in [1.807, 2.05) is 24.3 Å². The van der Waals surface area contributed by atoms with E-state index in [0.717, 1.165) is 18.7 Å². The molecule has 1 amide bonds. The van der Waals surface area contributed by atoms with E-state index in [1.165, 1.54) is 19.3 Å². The molecule has 1 aromatic carbocycles. The predicted octanol–water partition coefficient (Wildman–Crippen LogP) is 3.19. The summed E-state index contributed by atoms with van der Waals surface area (Å²) in [7, 11) is 0. The van der Waals surface area contributed by atoms with Gasteiger partial charge in [0.15, 0.2) is 0 Å². The van der Waals surface area contributed by atoms with Crippen molar-refractivity contribution < 1.29 is 4.79 Å². The molecular formula is C19H25ClN4O. The molecule has 0 radical (unpaired) electrons. The summed E-state index contributed by atoms with van der Waals surface area (Å²) in [6, 6.07) is 8.28. The molecule has 2 heterocycles. The highest BCUT2D eigenvalue weighted by Gasteiger charge is 2.18. The number of amides is 1. The normalized spacial score (nSPS) is 18.2. The van der Waals surface area contributed by atoms with Crippen LogP contribution in [-0.4, -0.2) is 46.3 Å². The molecule has 1 fully saturated rings. The number of hydrogen-bond acceptors (Lipinski definition) is 3. The van der Waals surface area contributed by atoms with Crippen LogP contribution < -0.4 is 5.32 Å². The molecule has 1 N–H and O–H groups in total. The zero-order valence-electron chi connectivity index (χ0n) is 14.6. The van der Waals surface area contributed by atoms with Gasteiger partial charge in [-0.2, -0.15) is 5.10 Å². The van der Waals surface area contributed by atoms with Gasteiger partial charge in [-0.05, 0) is 37.9 Å². The van der Waals surface area contributed by atoms with E-state index in [0.29, 0.717) is 29.7 Å². The van der Waals surface area contributed by atoms with Crippen LogP contribution in [-0.2, 0) is 6.54 Å². The molecule has 1 aliphatic heterocycles. The number of nitrogens with one attached hydrogen (secondary N) is 1. The summed E-state index contributed by atoms with van der Waals surface area (Å²) < 4.78 is 1.74. The minimum atomic E-state index is -0.0740. The summed E-state index contributed by atoms with van der Waals surface area (Å²) in [6.07, 6.45) is 7.20. The summed E-state index contributed by atoms with van der Waals surface area (Å²) in [6.45, 7) is 5.52. The molecule has 1 aromatic heterocycles. The van der Waals surface area contributed by atoms with Crippen LogP contribution >= 0.6 is 11.6 Å². The van der Waals surface area contributed by atoms with Crippen molar-refractivity contribution in [2.45, 2.75) is 38.8 Å². The van der Waals surface area contributed by atoms with Gasteiger partial charge >= 0.3 is 0 Å². The lowest BCUT2D eigenvalue weighted by atomic mass is 10.0. The average Bonchev–Trinajstić information content (AvgIpc) is 3.07. The second-order valence-electron chi connectivity index (χ2n) is 6.65. The molecule has 3 rings (SSSR count).